The van der Waals surface area contributed by atoms with Crippen LogP contribution in [0.25, 0.3) is 32.7 Å². The first kappa shape index (κ1) is 17.2. The summed E-state index contributed by atoms with van der Waals surface area (Å²) < 4.78 is 5.58. The Morgan fingerprint density at radius 1 is 0.931 bits per heavy atom. The number of azo groups is 1. The molecule has 5 rings (SSSR count). The maximum Gasteiger partial charge on any atom is 0.153 e. The van der Waals surface area contributed by atoms with E-state index < -0.39 is 0 Å². The van der Waals surface area contributed by atoms with Crippen LogP contribution in [0.3, 0.4) is 0 Å². The zero-order valence-electron chi connectivity index (χ0n) is 15.9. The lowest BCUT2D eigenvalue weighted by Crippen LogP contribution is -1.95. The molecule has 29 heavy (non-hydrogen) atoms. The number of nitrogens with one attached hydrogen (secondary N) is 1. The fraction of sp³-hybridized carbons (Fsp3) is 0.0870. The maximum atomic E-state index is 6.42. The number of nitrogens with two attached hydrogens (primary N) is 1. The number of hydrogen-bond donors (Lipinski definition) is 2. The van der Waals surface area contributed by atoms with E-state index in [1.54, 1.807) is 0 Å². The number of rotatable bonds is 4. The minimum atomic E-state index is 0.608. The van der Waals surface area contributed by atoms with Crippen LogP contribution in [0.2, 0.25) is 0 Å². The van der Waals surface area contributed by atoms with Crippen molar-refractivity contribution < 1.29 is 4.74 Å². The van der Waals surface area contributed by atoms with Gasteiger partial charge in [0, 0.05) is 21.7 Å². The summed E-state index contributed by atoms with van der Waals surface area (Å²) in [7, 11) is 0. The van der Waals surface area contributed by atoms with E-state index in [1.165, 1.54) is 0 Å². The smallest absolute Gasteiger partial charge is 0.153 e. The molecule has 3 N–H and O–H groups in total. The summed E-state index contributed by atoms with van der Waals surface area (Å²) in [5.41, 5.74) is 10.5. The molecule has 0 atom stereocenters. The lowest BCUT2D eigenvalue weighted by molar-refractivity contribution is 0.341. The van der Waals surface area contributed by atoms with Crippen molar-refractivity contribution in [1.82, 2.24) is 9.97 Å². The van der Waals surface area contributed by atoms with Crippen LogP contribution in [0.15, 0.2) is 77.0 Å². The molecule has 0 saturated carbocycles. The van der Waals surface area contributed by atoms with E-state index in [9.17, 15) is 0 Å². The SMILES string of the molecule is CCOc1ccc2nc3cc(/N=N/c4cc5ccccc5[nH]4)ccc3c(N)c2c1. The molecule has 2 aromatic heterocycles. The average molecular weight is 381 g/mol. The number of hydrogen-bond acceptors (Lipinski definition) is 5. The van der Waals surface area contributed by atoms with Crippen LogP contribution in [0.4, 0.5) is 17.2 Å². The van der Waals surface area contributed by atoms with Crippen molar-refractivity contribution in [3.05, 3.63) is 66.7 Å². The van der Waals surface area contributed by atoms with Gasteiger partial charge in [-0.2, -0.15) is 0 Å². The normalized spacial score (nSPS) is 11.8. The molecule has 3 aromatic carbocycles. The summed E-state index contributed by atoms with van der Waals surface area (Å²) >= 11 is 0. The molecule has 0 fully saturated rings. The Bertz CT molecular complexity index is 1350. The van der Waals surface area contributed by atoms with Crippen molar-refractivity contribution in [1.29, 1.82) is 0 Å². The molecule has 6 heteroatoms. The van der Waals surface area contributed by atoms with Gasteiger partial charge in [0.05, 0.1) is 29.0 Å². The van der Waals surface area contributed by atoms with Crippen molar-refractivity contribution >= 4 is 49.9 Å². The van der Waals surface area contributed by atoms with Crippen LogP contribution in [-0.2, 0) is 0 Å². The molecule has 142 valence electrons. The Kier molecular flexibility index (Phi) is 4.09. The average Bonchev–Trinajstić information content (AvgIpc) is 3.16. The molecule has 5 aromatic rings. The Hall–Kier alpha value is -3.93. The highest BCUT2D eigenvalue weighted by atomic mass is 16.5. The van der Waals surface area contributed by atoms with Crippen molar-refractivity contribution in [3.8, 4) is 5.75 Å². The third-order valence-electron chi connectivity index (χ3n) is 4.87. The summed E-state index contributed by atoms with van der Waals surface area (Å²) in [6, 6.07) is 21.5. The summed E-state index contributed by atoms with van der Waals surface area (Å²) in [5, 5.41) is 11.6. The van der Waals surface area contributed by atoms with Gasteiger partial charge < -0.3 is 15.5 Å². The minimum absolute atomic E-state index is 0.608. The summed E-state index contributed by atoms with van der Waals surface area (Å²) in [6.07, 6.45) is 0. The van der Waals surface area contributed by atoms with Gasteiger partial charge in [-0.25, -0.2) is 4.98 Å². The highest BCUT2D eigenvalue weighted by Gasteiger charge is 2.09. The number of pyridine rings is 1. The number of ether oxygens (including phenoxy) is 1. The number of aromatic amines is 1. The van der Waals surface area contributed by atoms with Crippen LogP contribution in [0, 0.1) is 0 Å². The van der Waals surface area contributed by atoms with Gasteiger partial charge in [0.15, 0.2) is 5.82 Å². The second-order valence-electron chi connectivity index (χ2n) is 6.78. The van der Waals surface area contributed by atoms with Gasteiger partial charge in [0.1, 0.15) is 5.75 Å². The van der Waals surface area contributed by atoms with E-state index in [2.05, 4.69) is 15.2 Å². The van der Waals surface area contributed by atoms with E-state index in [1.807, 2.05) is 73.7 Å². The van der Waals surface area contributed by atoms with Crippen LogP contribution < -0.4 is 10.5 Å². The number of nitrogen functional groups attached to an aromatic ring is 1. The molecule has 0 amide bonds. The first-order chi connectivity index (χ1) is 14.2. The molecule has 0 aliphatic heterocycles. The van der Waals surface area contributed by atoms with Crippen molar-refractivity contribution in [3.63, 3.8) is 0 Å². The first-order valence-corrected chi connectivity index (χ1v) is 9.46. The van der Waals surface area contributed by atoms with E-state index in [4.69, 9.17) is 15.5 Å². The van der Waals surface area contributed by atoms with Crippen LogP contribution in [-0.4, -0.2) is 16.6 Å². The van der Waals surface area contributed by atoms with Crippen molar-refractivity contribution in [2.24, 2.45) is 10.2 Å². The highest BCUT2D eigenvalue weighted by molar-refractivity contribution is 6.07. The molecule has 0 radical (unpaired) electrons. The Balaban J connectivity index is 1.53. The molecular formula is C23H19N5O. The fourth-order valence-corrected chi connectivity index (χ4v) is 3.49. The van der Waals surface area contributed by atoms with Gasteiger partial charge >= 0.3 is 0 Å². The predicted molar refractivity (Wildman–Crippen MR) is 117 cm³/mol. The third-order valence-corrected chi connectivity index (χ3v) is 4.87. The number of nitrogens with zero attached hydrogens (tertiary/aromatic N) is 3. The highest BCUT2D eigenvalue weighted by Crippen LogP contribution is 2.33. The second kappa shape index (κ2) is 6.91. The molecule has 0 spiro atoms. The summed E-state index contributed by atoms with van der Waals surface area (Å²) in [6.45, 7) is 2.56. The monoisotopic (exact) mass is 381 g/mol. The fourth-order valence-electron chi connectivity index (χ4n) is 3.49. The maximum absolute atomic E-state index is 6.42. The van der Waals surface area contributed by atoms with Crippen LogP contribution in [0.1, 0.15) is 6.92 Å². The molecule has 0 saturated heterocycles. The van der Waals surface area contributed by atoms with Crippen LogP contribution in [0.5, 0.6) is 5.75 Å². The molecule has 0 unspecified atom stereocenters. The number of anilines is 1. The zero-order chi connectivity index (χ0) is 19.8. The molecule has 0 aliphatic carbocycles. The van der Waals surface area contributed by atoms with Crippen LogP contribution >= 0.6 is 0 Å². The number of fused-ring (bicyclic) bond motifs is 3. The lowest BCUT2D eigenvalue weighted by Gasteiger charge is -2.09. The number of benzene rings is 3. The van der Waals surface area contributed by atoms with E-state index in [-0.39, 0.29) is 0 Å². The van der Waals surface area contributed by atoms with Gasteiger partial charge in [-0.3, -0.25) is 0 Å². The largest absolute Gasteiger partial charge is 0.494 e. The quantitative estimate of drug-likeness (QED) is 0.284. The third kappa shape index (κ3) is 3.14. The van der Waals surface area contributed by atoms with Crippen molar-refractivity contribution in [2.75, 3.05) is 12.3 Å². The number of aromatic nitrogens is 2. The van der Waals surface area contributed by atoms with Gasteiger partial charge in [0.25, 0.3) is 0 Å². The molecule has 2 heterocycles. The Morgan fingerprint density at radius 2 is 1.83 bits per heavy atom. The molecular weight excluding hydrogens is 362 g/mol. The molecule has 6 nitrogen and oxygen atoms in total. The van der Waals surface area contributed by atoms with Gasteiger partial charge in [-0.15, -0.1) is 10.2 Å². The summed E-state index contributed by atoms with van der Waals surface area (Å²) in [5.74, 6) is 1.50. The standard InChI is InChI=1S/C23H19N5O/c1-2-29-16-8-10-20-18(13-16)23(24)17-9-7-15(12-21(17)25-20)27-28-22-11-14-5-3-4-6-19(14)26-22/h3-13,26H,2H2,1H3,(H2,24,25)/b28-27+. The van der Waals surface area contributed by atoms with E-state index in [0.29, 0.717) is 23.8 Å². The topological polar surface area (TPSA) is 88.7 Å². The Labute approximate surface area is 167 Å². The van der Waals surface area contributed by atoms with E-state index in [0.717, 1.165) is 38.5 Å². The van der Waals surface area contributed by atoms with Gasteiger partial charge in [0.2, 0.25) is 0 Å². The minimum Gasteiger partial charge on any atom is -0.494 e. The summed E-state index contributed by atoms with van der Waals surface area (Å²) in [4.78, 5) is 7.99. The van der Waals surface area contributed by atoms with Crippen molar-refractivity contribution in [2.45, 2.75) is 6.92 Å². The first-order valence-electron chi connectivity index (χ1n) is 9.46. The predicted octanol–water partition coefficient (Wildman–Crippen LogP) is 6.27. The lowest BCUT2D eigenvalue weighted by atomic mass is 10.1. The van der Waals surface area contributed by atoms with Gasteiger partial charge in [-0.1, -0.05) is 18.2 Å². The number of H-pyrrole nitrogens is 1. The second-order valence-corrected chi connectivity index (χ2v) is 6.78. The van der Waals surface area contributed by atoms with E-state index >= 15 is 0 Å². The Morgan fingerprint density at radius 3 is 2.69 bits per heavy atom. The van der Waals surface area contributed by atoms with Gasteiger partial charge in [-0.05, 0) is 55.5 Å². The number of para-hydroxylation sites is 1. The molecule has 0 aliphatic rings. The molecule has 0 bridgehead atoms. The zero-order valence-corrected chi connectivity index (χ0v) is 15.9.